The predicted octanol–water partition coefficient (Wildman–Crippen LogP) is 5.73. The molecule has 7 rings (SSSR count). The molecule has 5 heterocycles. The Bertz CT molecular complexity index is 2060. The summed E-state index contributed by atoms with van der Waals surface area (Å²) in [5, 5.41) is 19.3. The van der Waals surface area contributed by atoms with Gasteiger partial charge in [-0.3, -0.25) is 24.3 Å². The van der Waals surface area contributed by atoms with Crippen LogP contribution in [0.5, 0.6) is 5.88 Å². The van der Waals surface area contributed by atoms with Crippen LogP contribution < -0.4 is 20.7 Å². The number of benzene rings is 1. The smallest absolute Gasteiger partial charge is 0.306 e. The number of ether oxygens (including phenoxy) is 1. The number of hydrogen-bond acceptors (Lipinski definition) is 9. The summed E-state index contributed by atoms with van der Waals surface area (Å²) in [5.74, 6) is 0.0236. The van der Waals surface area contributed by atoms with Gasteiger partial charge in [-0.2, -0.15) is 0 Å². The zero-order valence-electron chi connectivity index (χ0n) is 30.3. The number of carbonyl (C=O) groups excluding carboxylic acids is 2. The normalized spacial score (nSPS) is 20.0. The molecule has 54 heavy (non-hydrogen) atoms. The van der Waals surface area contributed by atoms with Gasteiger partial charge in [-0.25, -0.2) is 9.97 Å². The third kappa shape index (κ3) is 8.09. The molecule has 2 fully saturated rings. The lowest BCUT2D eigenvalue weighted by Crippen LogP contribution is -2.37. The molecule has 0 spiro atoms. The summed E-state index contributed by atoms with van der Waals surface area (Å²) >= 11 is 14.0. The number of nitrogens with one attached hydrogen (secondary N) is 3. The maximum absolute atomic E-state index is 13.7. The number of amides is 2. The summed E-state index contributed by atoms with van der Waals surface area (Å²) in [6, 6.07) is 11.0. The molecule has 1 saturated carbocycles. The molecule has 3 aliphatic rings. The van der Waals surface area contributed by atoms with Gasteiger partial charge in [0.15, 0.2) is 5.82 Å². The number of imidazole rings is 1. The Morgan fingerprint density at radius 1 is 1.02 bits per heavy atom. The second kappa shape index (κ2) is 16.4. The third-order valence-corrected chi connectivity index (χ3v) is 11.6. The van der Waals surface area contributed by atoms with E-state index in [0.717, 1.165) is 68.6 Å². The molecule has 284 valence electrons. The summed E-state index contributed by atoms with van der Waals surface area (Å²) < 4.78 is 7.48. The highest BCUT2D eigenvalue weighted by Crippen LogP contribution is 2.40. The quantitative estimate of drug-likeness (QED) is 0.140. The molecule has 13 nitrogen and oxygen atoms in total. The van der Waals surface area contributed by atoms with Gasteiger partial charge in [-0.05, 0) is 56.2 Å². The van der Waals surface area contributed by atoms with Crippen LogP contribution >= 0.6 is 23.2 Å². The maximum Gasteiger partial charge on any atom is 0.306 e. The number of aliphatic carboxylic acids is 1. The SMILES string of the molecule is COc1nc(-c2ccnc(-c3cccc(NC(=O)c4nc5c(n4C)CN(CC4CCC(C(=O)O)CC4)CC5)c3Cl)c2Cl)ccc1CNC[C@@H]1CCC(=O)N1. The number of rotatable bonds is 12. The highest BCUT2D eigenvalue weighted by Gasteiger charge is 2.30. The van der Waals surface area contributed by atoms with Gasteiger partial charge in [0.25, 0.3) is 5.91 Å². The minimum Gasteiger partial charge on any atom is -0.481 e. The second-order valence-corrected chi connectivity index (χ2v) is 15.1. The molecule has 2 aliphatic heterocycles. The van der Waals surface area contributed by atoms with Crippen LogP contribution in [0, 0.1) is 11.8 Å². The van der Waals surface area contributed by atoms with Crippen molar-refractivity contribution in [1.82, 2.24) is 35.1 Å². The second-order valence-electron chi connectivity index (χ2n) is 14.4. The minimum absolute atomic E-state index is 0.0824. The average Bonchev–Trinajstić information content (AvgIpc) is 3.74. The first-order valence-electron chi connectivity index (χ1n) is 18.4. The first kappa shape index (κ1) is 37.7. The maximum atomic E-state index is 13.7. The van der Waals surface area contributed by atoms with Gasteiger partial charge in [-0.1, -0.05) is 41.4 Å². The minimum atomic E-state index is -0.686. The first-order valence-corrected chi connectivity index (χ1v) is 19.1. The fraction of sp³-hybridized carbons (Fsp3) is 0.436. The number of pyridine rings is 2. The summed E-state index contributed by atoms with van der Waals surface area (Å²) in [6.07, 6.45) is 7.05. The van der Waals surface area contributed by atoms with Crippen LogP contribution in [0.1, 0.15) is 66.1 Å². The molecule has 1 saturated heterocycles. The number of carboxylic acids is 1. The molecule has 0 bridgehead atoms. The molecule has 2 amide bonds. The van der Waals surface area contributed by atoms with Crippen molar-refractivity contribution in [3.63, 3.8) is 0 Å². The van der Waals surface area contributed by atoms with Crippen LogP contribution in [-0.2, 0) is 36.1 Å². The zero-order valence-corrected chi connectivity index (χ0v) is 31.8. The number of carboxylic acid groups (broad SMARTS) is 1. The fourth-order valence-corrected chi connectivity index (χ4v) is 8.39. The third-order valence-electron chi connectivity index (χ3n) is 10.8. The van der Waals surface area contributed by atoms with Gasteiger partial charge >= 0.3 is 5.97 Å². The lowest BCUT2D eigenvalue weighted by molar-refractivity contribution is -0.143. The van der Waals surface area contributed by atoms with Crippen molar-refractivity contribution < 1.29 is 24.2 Å². The number of hydrogen-bond donors (Lipinski definition) is 4. The van der Waals surface area contributed by atoms with E-state index < -0.39 is 5.97 Å². The molecular formula is C39H44Cl2N8O5. The van der Waals surface area contributed by atoms with Crippen molar-refractivity contribution >= 4 is 46.7 Å². The van der Waals surface area contributed by atoms with Crippen LogP contribution in [0.4, 0.5) is 5.69 Å². The van der Waals surface area contributed by atoms with Crippen molar-refractivity contribution in [2.24, 2.45) is 18.9 Å². The molecule has 15 heteroatoms. The fourth-order valence-electron chi connectivity index (χ4n) is 7.82. The van der Waals surface area contributed by atoms with Gasteiger partial charge < -0.3 is 30.4 Å². The van der Waals surface area contributed by atoms with Crippen molar-refractivity contribution in [1.29, 1.82) is 0 Å². The lowest BCUT2D eigenvalue weighted by atomic mass is 9.81. The topological polar surface area (TPSA) is 164 Å². The van der Waals surface area contributed by atoms with Crippen LogP contribution in [0.15, 0.2) is 42.6 Å². The van der Waals surface area contributed by atoms with Crippen molar-refractivity contribution in [3.8, 4) is 28.4 Å². The van der Waals surface area contributed by atoms with Crippen LogP contribution in [0.25, 0.3) is 22.5 Å². The van der Waals surface area contributed by atoms with E-state index in [1.54, 1.807) is 37.6 Å². The summed E-state index contributed by atoms with van der Waals surface area (Å²) in [4.78, 5) is 53.0. The number of fused-ring (bicyclic) bond motifs is 1. The predicted molar refractivity (Wildman–Crippen MR) is 206 cm³/mol. The van der Waals surface area contributed by atoms with Gasteiger partial charge in [0, 0.05) is 81.5 Å². The van der Waals surface area contributed by atoms with Crippen LogP contribution in [0.3, 0.4) is 0 Å². The number of aromatic nitrogens is 4. The van der Waals surface area contributed by atoms with Crippen LogP contribution in [-0.4, -0.2) is 80.1 Å². The highest BCUT2D eigenvalue weighted by molar-refractivity contribution is 6.39. The van der Waals surface area contributed by atoms with Crippen molar-refractivity contribution in [2.75, 3.05) is 32.1 Å². The molecule has 4 N–H and O–H groups in total. The monoisotopic (exact) mass is 774 g/mol. The molecule has 1 aromatic carbocycles. The molecular weight excluding hydrogens is 731 g/mol. The molecule has 3 aromatic heterocycles. The molecule has 0 unspecified atom stereocenters. The first-order chi connectivity index (χ1) is 26.1. The van der Waals surface area contributed by atoms with Gasteiger partial charge in [0.1, 0.15) is 0 Å². The Hall–Kier alpha value is -4.56. The Morgan fingerprint density at radius 3 is 2.57 bits per heavy atom. The van der Waals surface area contributed by atoms with E-state index in [9.17, 15) is 19.5 Å². The van der Waals surface area contributed by atoms with Crippen LogP contribution in [0.2, 0.25) is 10.0 Å². The van der Waals surface area contributed by atoms with Gasteiger partial charge in [0.05, 0.1) is 51.5 Å². The van der Waals surface area contributed by atoms with E-state index >= 15 is 0 Å². The summed E-state index contributed by atoms with van der Waals surface area (Å²) in [7, 11) is 3.43. The number of carbonyl (C=O) groups is 3. The Morgan fingerprint density at radius 2 is 1.83 bits per heavy atom. The largest absolute Gasteiger partial charge is 0.481 e. The van der Waals surface area contributed by atoms with Gasteiger partial charge in [-0.15, -0.1) is 0 Å². The standard InChI is InChI=1S/C39H44Cl2N8O5/c1-48-31-21-49(20-22-6-8-23(9-7-22)39(52)53)17-15-29(31)45-36(48)37(51)46-30-5-3-4-27(33(30)40)35-34(41)26(14-16-43-35)28-12-10-24(38(47-28)54-2)18-42-19-25-11-13-32(50)44-25/h3-5,10,12,14,16,22-23,25,42H,6-9,11,13,15,17-21H2,1-2H3,(H,44,50)(H,46,51)(H,52,53)/t22?,23?,25-/m0/s1. The lowest BCUT2D eigenvalue weighted by Gasteiger charge is -2.33. The molecule has 0 radical (unpaired) electrons. The molecule has 1 aliphatic carbocycles. The van der Waals surface area contributed by atoms with E-state index in [-0.39, 0.29) is 28.8 Å². The number of halogens is 2. The van der Waals surface area contributed by atoms with Gasteiger partial charge in [0.2, 0.25) is 11.8 Å². The summed E-state index contributed by atoms with van der Waals surface area (Å²) in [6.45, 7) is 3.61. The van der Waals surface area contributed by atoms with E-state index in [4.69, 9.17) is 37.9 Å². The average molecular weight is 776 g/mol. The Labute approximate surface area is 323 Å². The Balaban J connectivity index is 1.03. The number of anilines is 1. The number of methoxy groups -OCH3 is 1. The van der Waals surface area contributed by atoms with E-state index in [0.29, 0.717) is 76.9 Å². The zero-order chi connectivity index (χ0) is 37.9. The van der Waals surface area contributed by atoms with Crippen molar-refractivity contribution in [3.05, 3.63) is 75.4 Å². The van der Waals surface area contributed by atoms with Crippen molar-refractivity contribution in [2.45, 2.75) is 64.1 Å². The van der Waals surface area contributed by atoms with E-state index in [1.165, 1.54) is 0 Å². The van der Waals surface area contributed by atoms with E-state index in [2.05, 4.69) is 25.8 Å². The molecule has 4 aromatic rings. The highest BCUT2D eigenvalue weighted by atomic mass is 35.5. The number of nitrogens with zero attached hydrogens (tertiary/aromatic N) is 5. The van der Waals surface area contributed by atoms with E-state index in [1.807, 2.05) is 23.7 Å². The molecule has 1 atom stereocenters. The Kier molecular flexibility index (Phi) is 11.5. The summed E-state index contributed by atoms with van der Waals surface area (Å²) in [5.41, 5.74) is 5.39.